The molecule has 0 fully saturated rings. The van der Waals surface area contributed by atoms with Crippen molar-refractivity contribution in [1.29, 1.82) is 0 Å². The molecule has 1 nitrogen and oxygen atoms in total. The summed E-state index contributed by atoms with van der Waals surface area (Å²) >= 11 is 0. The number of rotatable bonds is 1. The molecule has 1 N–H and O–H groups in total. The number of para-hydroxylation sites is 1. The molecule has 0 saturated carbocycles. The first kappa shape index (κ1) is 12.7. The normalized spacial score (nSPS) is 13.1. The van der Waals surface area contributed by atoms with Gasteiger partial charge in [0.15, 0.2) is 0 Å². The summed E-state index contributed by atoms with van der Waals surface area (Å²) < 4.78 is 0. The van der Waals surface area contributed by atoms with E-state index < -0.39 is 0 Å². The molecule has 0 atom stereocenters. The SMILES string of the molecule is Cc1[nH]c2ccccc2c1-c1ccc2cccc3c2c1C=CC3. The van der Waals surface area contributed by atoms with Crippen LogP contribution in [0.2, 0.25) is 0 Å². The molecule has 0 bridgehead atoms. The summed E-state index contributed by atoms with van der Waals surface area (Å²) in [5.41, 5.74) is 7.89. The van der Waals surface area contributed by atoms with Crippen molar-refractivity contribution < 1.29 is 0 Å². The fourth-order valence-electron chi connectivity index (χ4n) is 3.97. The van der Waals surface area contributed by atoms with Gasteiger partial charge < -0.3 is 4.98 Å². The third-order valence-corrected chi connectivity index (χ3v) is 4.96. The lowest BCUT2D eigenvalue weighted by Crippen LogP contribution is -1.95. The minimum Gasteiger partial charge on any atom is -0.358 e. The van der Waals surface area contributed by atoms with Gasteiger partial charge in [-0.25, -0.2) is 0 Å². The Morgan fingerprint density at radius 3 is 2.78 bits per heavy atom. The third-order valence-electron chi connectivity index (χ3n) is 4.96. The maximum Gasteiger partial charge on any atom is 0.0462 e. The van der Waals surface area contributed by atoms with Crippen molar-refractivity contribution in [3.63, 3.8) is 0 Å². The van der Waals surface area contributed by atoms with Crippen LogP contribution in [0.3, 0.4) is 0 Å². The Hall–Kier alpha value is -2.80. The number of benzene rings is 3. The van der Waals surface area contributed by atoms with Crippen LogP contribution in [0.4, 0.5) is 0 Å². The summed E-state index contributed by atoms with van der Waals surface area (Å²) in [6.45, 7) is 2.17. The average molecular weight is 295 g/mol. The van der Waals surface area contributed by atoms with Crippen molar-refractivity contribution in [2.45, 2.75) is 13.3 Å². The van der Waals surface area contributed by atoms with Gasteiger partial charge in [0.25, 0.3) is 0 Å². The third kappa shape index (κ3) is 1.74. The Balaban J connectivity index is 1.93. The van der Waals surface area contributed by atoms with Crippen molar-refractivity contribution in [2.24, 2.45) is 0 Å². The molecule has 0 unspecified atom stereocenters. The molecule has 1 aromatic heterocycles. The number of allylic oxidation sites excluding steroid dienone is 1. The number of aryl methyl sites for hydroxylation is 1. The molecule has 4 aromatic rings. The molecule has 1 aliphatic rings. The molecule has 23 heavy (non-hydrogen) atoms. The first-order chi connectivity index (χ1) is 11.3. The molecule has 0 saturated heterocycles. The van der Waals surface area contributed by atoms with Gasteiger partial charge in [-0.2, -0.15) is 0 Å². The summed E-state index contributed by atoms with van der Waals surface area (Å²) in [5, 5.41) is 4.05. The topological polar surface area (TPSA) is 15.8 Å². The van der Waals surface area contributed by atoms with Crippen LogP contribution in [0.1, 0.15) is 16.8 Å². The van der Waals surface area contributed by atoms with E-state index >= 15 is 0 Å². The maximum absolute atomic E-state index is 3.53. The van der Waals surface area contributed by atoms with Crippen molar-refractivity contribution in [3.05, 3.63) is 77.5 Å². The number of H-pyrrole nitrogens is 1. The fourth-order valence-corrected chi connectivity index (χ4v) is 3.97. The summed E-state index contributed by atoms with van der Waals surface area (Å²) in [6.07, 6.45) is 5.61. The summed E-state index contributed by atoms with van der Waals surface area (Å²) in [6, 6.07) is 19.7. The lowest BCUT2D eigenvalue weighted by Gasteiger charge is -2.17. The Morgan fingerprint density at radius 1 is 0.913 bits per heavy atom. The van der Waals surface area contributed by atoms with E-state index in [1.807, 2.05) is 0 Å². The summed E-state index contributed by atoms with van der Waals surface area (Å²) in [7, 11) is 0. The van der Waals surface area contributed by atoms with Gasteiger partial charge in [0.2, 0.25) is 0 Å². The summed E-state index contributed by atoms with van der Waals surface area (Å²) in [4.78, 5) is 3.53. The van der Waals surface area contributed by atoms with Crippen LogP contribution in [0, 0.1) is 6.92 Å². The van der Waals surface area contributed by atoms with Crippen LogP contribution in [-0.2, 0) is 6.42 Å². The number of aromatic nitrogens is 1. The minimum absolute atomic E-state index is 1.03. The molecular formula is C22H17N. The van der Waals surface area contributed by atoms with E-state index in [4.69, 9.17) is 0 Å². The van der Waals surface area contributed by atoms with Gasteiger partial charge in [-0.15, -0.1) is 0 Å². The highest BCUT2D eigenvalue weighted by molar-refractivity contribution is 6.06. The van der Waals surface area contributed by atoms with E-state index in [-0.39, 0.29) is 0 Å². The number of fused-ring (bicyclic) bond motifs is 1. The van der Waals surface area contributed by atoms with Crippen molar-refractivity contribution in [1.82, 2.24) is 4.98 Å². The second-order valence-electron chi connectivity index (χ2n) is 6.32. The van der Waals surface area contributed by atoms with Gasteiger partial charge in [-0.1, -0.05) is 60.7 Å². The highest BCUT2D eigenvalue weighted by Crippen LogP contribution is 2.40. The molecule has 110 valence electrons. The van der Waals surface area contributed by atoms with Gasteiger partial charge in [-0.3, -0.25) is 0 Å². The molecule has 0 spiro atoms. The first-order valence-corrected chi connectivity index (χ1v) is 8.12. The van der Waals surface area contributed by atoms with Crippen LogP contribution in [0.25, 0.3) is 38.9 Å². The number of nitrogens with one attached hydrogen (secondary N) is 1. The Labute approximate surface area is 135 Å². The highest BCUT2D eigenvalue weighted by Gasteiger charge is 2.17. The second kappa shape index (κ2) is 4.60. The number of hydrogen-bond donors (Lipinski definition) is 1. The first-order valence-electron chi connectivity index (χ1n) is 8.12. The molecule has 0 amide bonds. The lowest BCUT2D eigenvalue weighted by atomic mass is 9.87. The number of hydrogen-bond acceptors (Lipinski definition) is 0. The van der Waals surface area contributed by atoms with Gasteiger partial charge in [-0.05, 0) is 46.9 Å². The van der Waals surface area contributed by atoms with E-state index in [2.05, 4.69) is 78.7 Å². The van der Waals surface area contributed by atoms with E-state index in [9.17, 15) is 0 Å². The van der Waals surface area contributed by atoms with E-state index in [1.54, 1.807) is 0 Å². The van der Waals surface area contributed by atoms with Crippen molar-refractivity contribution in [2.75, 3.05) is 0 Å². The van der Waals surface area contributed by atoms with Crippen LogP contribution >= 0.6 is 0 Å². The maximum atomic E-state index is 3.53. The lowest BCUT2D eigenvalue weighted by molar-refractivity contribution is 1.28. The molecule has 1 heterocycles. The molecule has 1 aliphatic carbocycles. The Kier molecular flexibility index (Phi) is 2.54. The molecule has 1 heteroatoms. The van der Waals surface area contributed by atoms with Gasteiger partial charge in [0.05, 0.1) is 0 Å². The van der Waals surface area contributed by atoms with E-state index in [0.29, 0.717) is 0 Å². The van der Waals surface area contributed by atoms with Gasteiger partial charge >= 0.3 is 0 Å². The van der Waals surface area contributed by atoms with E-state index in [0.717, 1.165) is 6.42 Å². The number of aromatic amines is 1. The van der Waals surface area contributed by atoms with Crippen LogP contribution in [0.5, 0.6) is 0 Å². The smallest absolute Gasteiger partial charge is 0.0462 e. The second-order valence-corrected chi connectivity index (χ2v) is 6.32. The monoisotopic (exact) mass is 295 g/mol. The van der Waals surface area contributed by atoms with Crippen molar-refractivity contribution >= 4 is 27.8 Å². The zero-order valence-electron chi connectivity index (χ0n) is 13.1. The largest absolute Gasteiger partial charge is 0.358 e. The fraction of sp³-hybridized carbons (Fsp3) is 0.0909. The van der Waals surface area contributed by atoms with Gasteiger partial charge in [0, 0.05) is 22.2 Å². The van der Waals surface area contributed by atoms with Crippen molar-refractivity contribution in [3.8, 4) is 11.1 Å². The van der Waals surface area contributed by atoms with Gasteiger partial charge in [0.1, 0.15) is 0 Å². The Bertz CT molecular complexity index is 1100. The quantitative estimate of drug-likeness (QED) is 0.452. The van der Waals surface area contributed by atoms with Crippen LogP contribution < -0.4 is 0 Å². The predicted molar refractivity (Wildman–Crippen MR) is 98.7 cm³/mol. The summed E-state index contributed by atoms with van der Waals surface area (Å²) in [5.74, 6) is 0. The Morgan fingerprint density at radius 2 is 1.83 bits per heavy atom. The molecule has 3 aromatic carbocycles. The van der Waals surface area contributed by atoms with Crippen LogP contribution in [-0.4, -0.2) is 4.98 Å². The van der Waals surface area contributed by atoms with Crippen LogP contribution in [0.15, 0.2) is 60.7 Å². The zero-order chi connectivity index (χ0) is 15.4. The predicted octanol–water partition coefficient (Wildman–Crippen LogP) is 5.87. The standard InChI is InChI=1S/C22H17N/c1-14-21(19-9-2-3-11-20(19)23-14)18-13-12-16-7-4-6-15-8-5-10-17(18)22(15)16/h2-7,9-13,23H,8H2,1H3. The molecular weight excluding hydrogens is 278 g/mol. The zero-order valence-corrected chi connectivity index (χ0v) is 13.1. The molecule has 0 radical (unpaired) electrons. The molecule has 0 aliphatic heterocycles. The average Bonchev–Trinajstić information content (AvgIpc) is 2.92. The molecule has 5 rings (SSSR count). The van der Waals surface area contributed by atoms with E-state index in [1.165, 1.54) is 49.6 Å². The minimum atomic E-state index is 1.03. The highest BCUT2D eigenvalue weighted by atomic mass is 14.7.